The van der Waals surface area contributed by atoms with Gasteiger partial charge in [-0.15, -0.1) is 11.8 Å². The number of rotatable bonds is 16. The summed E-state index contributed by atoms with van der Waals surface area (Å²) < 4.78 is 105. The lowest BCUT2D eigenvalue weighted by molar-refractivity contribution is -0.0435. The van der Waals surface area contributed by atoms with Gasteiger partial charge in [0, 0.05) is 85.2 Å². The Kier molecular flexibility index (Phi) is 15.9. The number of sulfonamides is 1. The molecule has 2 N–H and O–H groups in total. The zero-order valence-corrected chi connectivity index (χ0v) is 42.0. The fourth-order valence-corrected chi connectivity index (χ4v) is 13.2. The van der Waals surface area contributed by atoms with E-state index in [0.717, 1.165) is 67.2 Å². The number of ether oxygens (including phenoxy) is 1. The van der Waals surface area contributed by atoms with E-state index in [1.54, 1.807) is 0 Å². The number of sulfone groups is 1. The molecule has 3 aromatic carbocycles. The van der Waals surface area contributed by atoms with Crippen molar-refractivity contribution in [2.75, 3.05) is 68.3 Å². The van der Waals surface area contributed by atoms with Gasteiger partial charge in [0.25, 0.3) is 19.9 Å². The number of halogens is 4. The first-order valence-corrected chi connectivity index (χ1v) is 27.7. The van der Waals surface area contributed by atoms with Crippen LogP contribution in [0.25, 0.3) is 5.57 Å². The second-order valence-corrected chi connectivity index (χ2v) is 24.2. The molecule has 4 heterocycles. The minimum absolute atomic E-state index is 0.0160. The van der Waals surface area contributed by atoms with Gasteiger partial charge in [-0.1, -0.05) is 55.8 Å². The molecule has 2 saturated heterocycles. The first-order chi connectivity index (χ1) is 32.4. The first kappa shape index (κ1) is 50.6. The lowest BCUT2D eigenvalue weighted by Crippen LogP contribution is -2.49. The van der Waals surface area contributed by atoms with E-state index in [9.17, 15) is 30.0 Å². The third-order valence-corrected chi connectivity index (χ3v) is 18.2. The van der Waals surface area contributed by atoms with Crippen LogP contribution in [0.2, 0.25) is 5.02 Å². The summed E-state index contributed by atoms with van der Waals surface area (Å²) in [6.07, 6.45) is 7.36. The molecule has 2 atom stereocenters. The van der Waals surface area contributed by atoms with Crippen molar-refractivity contribution in [3.63, 3.8) is 0 Å². The first-order valence-electron chi connectivity index (χ1n) is 23.4. The molecule has 8 rings (SSSR count). The van der Waals surface area contributed by atoms with E-state index < -0.39 is 41.2 Å². The molecule has 0 bridgehead atoms. The Morgan fingerprint density at radius 3 is 2.35 bits per heavy atom. The van der Waals surface area contributed by atoms with Crippen molar-refractivity contribution in [3.05, 3.63) is 107 Å². The largest absolute Gasteiger partial charge is 0.501 e. The minimum Gasteiger partial charge on any atom is -0.380 e. The molecule has 4 aromatic rings. The highest BCUT2D eigenvalue weighted by Gasteiger charge is 2.48. The number of anilines is 2. The Morgan fingerprint density at radius 1 is 0.926 bits per heavy atom. The molecule has 1 aliphatic carbocycles. The maximum absolute atomic E-state index is 14.3. The van der Waals surface area contributed by atoms with Crippen LogP contribution in [-0.4, -0.2) is 123 Å². The number of alkyl halides is 3. The molecule has 0 radical (unpaired) electrons. The third-order valence-electron chi connectivity index (χ3n) is 14.0. The normalized spacial score (nSPS) is 20.2. The van der Waals surface area contributed by atoms with E-state index in [4.69, 9.17) is 16.3 Å². The number of piperidine rings is 1. The van der Waals surface area contributed by atoms with Gasteiger partial charge in [0.2, 0.25) is 0 Å². The molecule has 12 nitrogen and oxygen atoms in total. The highest BCUT2D eigenvalue weighted by atomic mass is 35.5. The molecule has 0 saturated carbocycles. The van der Waals surface area contributed by atoms with E-state index in [-0.39, 0.29) is 16.9 Å². The van der Waals surface area contributed by atoms with Crippen molar-refractivity contribution in [3.8, 4) is 0 Å². The van der Waals surface area contributed by atoms with E-state index in [0.29, 0.717) is 93.9 Å². The fraction of sp³-hybridized carbons (Fsp3) is 0.510. The number of morpholine rings is 1. The van der Waals surface area contributed by atoms with Crippen molar-refractivity contribution >= 4 is 60.3 Å². The number of nitrogens with zero attached hydrogens (tertiary/aromatic N) is 5. The molecule has 0 amide bonds. The van der Waals surface area contributed by atoms with E-state index in [2.05, 4.69) is 67.6 Å². The van der Waals surface area contributed by atoms with Crippen molar-refractivity contribution in [1.82, 2.24) is 24.7 Å². The van der Waals surface area contributed by atoms with Crippen molar-refractivity contribution in [2.24, 2.45) is 5.41 Å². The van der Waals surface area contributed by atoms with Crippen LogP contribution in [0.15, 0.2) is 99.4 Å². The SMILES string of the molecule is CC(C1=C(c2ccc(Cl)cc2)CC(C)(C)CC1)N1CCC(N2CCc3c(ncnc3NS(=O)(=O)c3ccc(NC(CCN4CCOCC4)CSc4ccccc4)c(S(=O)(=O)C(F)(F)F)c3)C2)CC1. The van der Waals surface area contributed by atoms with Gasteiger partial charge in [0.05, 0.1) is 29.5 Å². The van der Waals surface area contributed by atoms with Crippen molar-refractivity contribution < 1.29 is 34.7 Å². The van der Waals surface area contributed by atoms with Crippen LogP contribution in [0.5, 0.6) is 0 Å². The molecule has 368 valence electrons. The molecule has 3 aliphatic heterocycles. The predicted molar refractivity (Wildman–Crippen MR) is 263 cm³/mol. The third kappa shape index (κ3) is 12.0. The van der Waals surface area contributed by atoms with Gasteiger partial charge in [-0.3, -0.25) is 19.4 Å². The molecular weight excluding hydrogens is 955 g/mol. The summed E-state index contributed by atoms with van der Waals surface area (Å²) in [5, 5.41) is 3.80. The summed E-state index contributed by atoms with van der Waals surface area (Å²) in [7, 11) is -10.6. The standard InChI is InChI=1S/C49H61ClF3N7O5S3/c1-34(41-15-20-48(2,3)30-43(41)35-9-11-36(50)12-10-35)59-22-17-38(18-23-59)60-24-19-42-45(31-60)54-33-55-47(42)57-68(63,64)40-13-14-44(46(29-40)67(61,62)49(51,52)53)56-37(16-21-58-25-27-65-28-26-58)32-66-39-7-5-4-6-8-39/h4-14,29,33-34,37-38,56H,15-28,30-32H2,1-3H3,(H,54,55,57). The van der Waals surface area contributed by atoms with Crippen LogP contribution in [0.1, 0.15) is 76.1 Å². The highest BCUT2D eigenvalue weighted by Crippen LogP contribution is 2.45. The Morgan fingerprint density at radius 2 is 1.65 bits per heavy atom. The van der Waals surface area contributed by atoms with Crippen LogP contribution < -0.4 is 10.0 Å². The number of aromatic nitrogens is 2. The zero-order valence-electron chi connectivity index (χ0n) is 38.8. The van der Waals surface area contributed by atoms with E-state index >= 15 is 0 Å². The molecule has 1 aromatic heterocycles. The van der Waals surface area contributed by atoms with Crippen molar-refractivity contribution in [2.45, 2.75) is 111 Å². The second kappa shape index (κ2) is 21.3. The number of hydrogen-bond acceptors (Lipinski definition) is 12. The fourth-order valence-electron chi connectivity index (χ4n) is 9.95. The van der Waals surface area contributed by atoms with Crippen LogP contribution in [0.4, 0.5) is 24.7 Å². The zero-order chi connectivity index (χ0) is 48.3. The lowest BCUT2D eigenvalue weighted by Gasteiger charge is -2.44. The quantitative estimate of drug-likeness (QED) is 0.104. The second-order valence-electron chi connectivity index (χ2n) is 19.1. The monoisotopic (exact) mass is 1020 g/mol. The number of hydrogen-bond donors (Lipinski definition) is 2. The molecular formula is C49H61ClF3N7O5S3. The summed E-state index contributed by atoms with van der Waals surface area (Å²) in [5.74, 6) is 0.419. The minimum atomic E-state index is -6.01. The Labute approximate surface area is 408 Å². The number of thioether (sulfide) groups is 1. The van der Waals surface area contributed by atoms with Crippen LogP contribution >= 0.6 is 23.4 Å². The molecule has 4 aliphatic rings. The van der Waals surface area contributed by atoms with Crippen LogP contribution in [-0.2, 0) is 37.6 Å². The van der Waals surface area contributed by atoms with Gasteiger partial charge in [0.1, 0.15) is 17.0 Å². The Bertz CT molecular complexity index is 2650. The molecule has 19 heteroatoms. The smallest absolute Gasteiger partial charge is 0.380 e. The molecule has 2 unspecified atom stereocenters. The number of allylic oxidation sites excluding steroid dienone is 1. The van der Waals surface area contributed by atoms with Crippen molar-refractivity contribution in [1.29, 1.82) is 0 Å². The molecule has 2 fully saturated rings. The van der Waals surface area contributed by atoms with Gasteiger partial charge in [0.15, 0.2) is 0 Å². The summed E-state index contributed by atoms with van der Waals surface area (Å²) in [6.45, 7) is 13.1. The highest BCUT2D eigenvalue weighted by molar-refractivity contribution is 7.99. The van der Waals surface area contributed by atoms with Gasteiger partial charge >= 0.3 is 5.51 Å². The maximum Gasteiger partial charge on any atom is 0.501 e. The number of likely N-dealkylation sites (tertiary alicyclic amines) is 1. The topological polar surface area (TPSA) is 137 Å². The number of benzene rings is 3. The predicted octanol–water partition coefficient (Wildman–Crippen LogP) is 9.39. The van der Waals surface area contributed by atoms with Gasteiger partial charge in [-0.05, 0) is 116 Å². The average Bonchev–Trinajstić information content (AvgIpc) is 3.32. The average molecular weight is 1020 g/mol. The van der Waals surface area contributed by atoms with E-state index in [1.165, 1.54) is 34.8 Å². The summed E-state index contributed by atoms with van der Waals surface area (Å²) in [5.41, 5.74) is -0.361. The van der Waals surface area contributed by atoms with Crippen LogP contribution in [0.3, 0.4) is 0 Å². The summed E-state index contributed by atoms with van der Waals surface area (Å²) in [6, 6.07) is 20.6. The Balaban J connectivity index is 0.958. The Hall–Kier alpha value is -3.75. The number of fused-ring (bicyclic) bond motifs is 1. The van der Waals surface area contributed by atoms with Gasteiger partial charge < -0.3 is 10.1 Å². The van der Waals surface area contributed by atoms with E-state index in [1.807, 2.05) is 42.5 Å². The van der Waals surface area contributed by atoms with Gasteiger partial charge in [-0.25, -0.2) is 26.8 Å². The summed E-state index contributed by atoms with van der Waals surface area (Å²) in [4.78, 5) is 15.1. The maximum atomic E-state index is 14.3. The lowest BCUT2D eigenvalue weighted by atomic mass is 9.71. The molecule has 0 spiro atoms. The van der Waals surface area contributed by atoms with Gasteiger partial charge in [-0.2, -0.15) is 13.2 Å². The van der Waals surface area contributed by atoms with Crippen LogP contribution in [0, 0.1) is 5.41 Å². The summed E-state index contributed by atoms with van der Waals surface area (Å²) >= 11 is 7.74. The number of nitrogens with one attached hydrogen (secondary N) is 2. The molecule has 68 heavy (non-hydrogen) atoms.